The first-order chi connectivity index (χ1) is 14.1. The highest BCUT2D eigenvalue weighted by Gasteiger charge is 2.25. The second kappa shape index (κ2) is 8.87. The Morgan fingerprint density at radius 3 is 2.50 bits per heavy atom. The molecule has 11 heteroatoms. The largest absolute Gasteiger partial charge is 0.392 e. The van der Waals surface area contributed by atoms with Gasteiger partial charge in [0.2, 0.25) is 5.78 Å². The van der Waals surface area contributed by atoms with Crippen molar-refractivity contribution in [3.8, 4) is 0 Å². The Bertz CT molecular complexity index is 1250. The normalized spacial score (nSPS) is 11.4. The summed E-state index contributed by atoms with van der Waals surface area (Å²) in [7, 11) is -4.22. The first kappa shape index (κ1) is 22.5. The maximum absolute atomic E-state index is 14.3. The summed E-state index contributed by atoms with van der Waals surface area (Å²) in [5.41, 5.74) is -1.08. The predicted molar refractivity (Wildman–Crippen MR) is 112 cm³/mol. The minimum atomic E-state index is -4.22. The van der Waals surface area contributed by atoms with Crippen molar-refractivity contribution in [1.82, 2.24) is 4.98 Å². The van der Waals surface area contributed by atoms with E-state index in [1.165, 1.54) is 24.3 Å². The maximum atomic E-state index is 14.3. The second-order valence-electron chi connectivity index (χ2n) is 5.99. The molecule has 0 aliphatic rings. The summed E-state index contributed by atoms with van der Waals surface area (Å²) in [5.74, 6) is -1.82. The van der Waals surface area contributed by atoms with Crippen LogP contribution in [0.3, 0.4) is 0 Å². The Hall–Kier alpha value is -2.23. The highest BCUT2D eigenvalue weighted by molar-refractivity contribution is 7.92. The van der Waals surface area contributed by atoms with Crippen LogP contribution in [0.4, 0.5) is 10.1 Å². The summed E-state index contributed by atoms with van der Waals surface area (Å²) >= 11 is 17.6. The van der Waals surface area contributed by atoms with Gasteiger partial charge in [0.15, 0.2) is 0 Å². The van der Waals surface area contributed by atoms with Crippen LogP contribution in [0.15, 0.2) is 53.6 Å². The van der Waals surface area contributed by atoms with Crippen LogP contribution in [-0.4, -0.2) is 24.3 Å². The Morgan fingerprint density at radius 1 is 1.10 bits per heavy atom. The minimum absolute atomic E-state index is 0.0130. The number of aliphatic hydroxyl groups is 1. The number of ketones is 1. The van der Waals surface area contributed by atoms with Crippen molar-refractivity contribution in [3.63, 3.8) is 0 Å². The predicted octanol–water partition coefficient (Wildman–Crippen LogP) is 4.71. The summed E-state index contributed by atoms with van der Waals surface area (Å²) in [4.78, 5) is 16.6. The lowest BCUT2D eigenvalue weighted by atomic mass is 10.0. The number of benzene rings is 2. The van der Waals surface area contributed by atoms with E-state index in [1.807, 2.05) is 0 Å². The Kier molecular flexibility index (Phi) is 6.64. The highest BCUT2D eigenvalue weighted by atomic mass is 35.5. The Morgan fingerprint density at radius 2 is 1.83 bits per heavy atom. The molecule has 2 N–H and O–H groups in total. The third-order valence-corrected chi connectivity index (χ3v) is 6.32. The molecule has 0 saturated heterocycles. The van der Waals surface area contributed by atoms with Gasteiger partial charge >= 0.3 is 0 Å². The molecule has 6 nitrogen and oxygen atoms in total. The summed E-state index contributed by atoms with van der Waals surface area (Å²) in [6.45, 7) is -0.600. The van der Waals surface area contributed by atoms with Crippen LogP contribution < -0.4 is 4.72 Å². The number of carbonyl (C=O) groups is 1. The van der Waals surface area contributed by atoms with Gasteiger partial charge in [-0.25, -0.2) is 17.8 Å². The standard InChI is InChI=1S/C19H12Cl3FN2O4S/c20-11-6-16(25-30(28,29)12-4-5-13(21)14(22)7-12)18(24-8-11)19(27)17-10(9-26)2-1-3-15(17)23/h1-8,25-26H,9H2. The molecule has 3 rings (SSSR count). The number of rotatable bonds is 6. The quantitative estimate of drug-likeness (QED) is 0.489. The Balaban J connectivity index is 2.09. The lowest BCUT2D eigenvalue weighted by Gasteiger charge is -2.14. The number of hydrogen-bond acceptors (Lipinski definition) is 5. The summed E-state index contributed by atoms with van der Waals surface area (Å²) < 4.78 is 42.1. The third kappa shape index (κ3) is 4.58. The lowest BCUT2D eigenvalue weighted by Crippen LogP contribution is -2.18. The SMILES string of the molecule is O=C(c1ncc(Cl)cc1NS(=O)(=O)c1ccc(Cl)c(Cl)c1)c1c(F)cccc1CO. The highest BCUT2D eigenvalue weighted by Crippen LogP contribution is 2.29. The van der Waals surface area contributed by atoms with E-state index in [2.05, 4.69) is 9.71 Å². The van der Waals surface area contributed by atoms with Gasteiger partial charge in [-0.3, -0.25) is 9.52 Å². The molecule has 1 aromatic heterocycles. The molecule has 0 unspecified atom stereocenters. The number of anilines is 1. The molecule has 0 aliphatic heterocycles. The summed E-state index contributed by atoms with van der Waals surface area (Å²) in [5, 5.41) is 9.65. The molecule has 0 bridgehead atoms. The van der Waals surface area contributed by atoms with Crippen molar-refractivity contribution in [3.05, 3.63) is 86.4 Å². The minimum Gasteiger partial charge on any atom is -0.392 e. The zero-order valence-corrected chi connectivity index (χ0v) is 17.9. The van der Waals surface area contributed by atoms with E-state index in [0.29, 0.717) is 0 Å². The van der Waals surface area contributed by atoms with Gasteiger partial charge in [-0.1, -0.05) is 46.9 Å². The average Bonchev–Trinajstić information content (AvgIpc) is 2.69. The molecular weight excluding hydrogens is 478 g/mol. The average molecular weight is 490 g/mol. The number of nitrogens with zero attached hydrogens (tertiary/aromatic N) is 1. The van der Waals surface area contributed by atoms with Gasteiger partial charge < -0.3 is 5.11 Å². The van der Waals surface area contributed by atoms with Crippen molar-refractivity contribution >= 4 is 56.3 Å². The van der Waals surface area contributed by atoms with E-state index in [1.54, 1.807) is 0 Å². The summed E-state index contributed by atoms with van der Waals surface area (Å²) in [6, 6.07) is 8.56. The molecular formula is C19H12Cl3FN2O4S. The molecule has 0 radical (unpaired) electrons. The molecule has 1 heterocycles. The molecule has 0 spiro atoms. The molecule has 156 valence electrons. The fourth-order valence-electron chi connectivity index (χ4n) is 2.62. The first-order valence-corrected chi connectivity index (χ1v) is 10.8. The van der Waals surface area contributed by atoms with E-state index in [4.69, 9.17) is 34.8 Å². The van der Waals surface area contributed by atoms with E-state index < -0.39 is 39.5 Å². The second-order valence-corrected chi connectivity index (χ2v) is 8.93. The van der Waals surface area contributed by atoms with Crippen molar-refractivity contribution in [1.29, 1.82) is 0 Å². The number of sulfonamides is 1. The van der Waals surface area contributed by atoms with Crippen molar-refractivity contribution < 1.29 is 22.7 Å². The van der Waals surface area contributed by atoms with Crippen LogP contribution in [-0.2, 0) is 16.6 Å². The lowest BCUT2D eigenvalue weighted by molar-refractivity contribution is 0.102. The molecule has 0 saturated carbocycles. The van der Waals surface area contributed by atoms with Gasteiger partial charge in [0.25, 0.3) is 10.0 Å². The molecule has 30 heavy (non-hydrogen) atoms. The first-order valence-electron chi connectivity index (χ1n) is 8.20. The number of carbonyl (C=O) groups excluding carboxylic acids is 1. The van der Waals surface area contributed by atoms with Gasteiger partial charge in [-0.15, -0.1) is 0 Å². The molecule has 0 atom stereocenters. The zero-order valence-electron chi connectivity index (χ0n) is 14.9. The molecule has 0 amide bonds. The summed E-state index contributed by atoms with van der Waals surface area (Å²) in [6.07, 6.45) is 1.12. The van der Waals surface area contributed by atoms with Crippen LogP contribution >= 0.6 is 34.8 Å². The number of halogens is 4. The topological polar surface area (TPSA) is 96.4 Å². The molecule has 0 fully saturated rings. The number of aromatic nitrogens is 1. The fourth-order valence-corrected chi connectivity index (χ4v) is 4.22. The van der Waals surface area contributed by atoms with Gasteiger partial charge in [-0.2, -0.15) is 0 Å². The van der Waals surface area contributed by atoms with Gasteiger partial charge in [0, 0.05) is 6.20 Å². The van der Waals surface area contributed by atoms with E-state index in [9.17, 15) is 22.7 Å². The van der Waals surface area contributed by atoms with E-state index >= 15 is 0 Å². The Labute approximate surface area is 186 Å². The van der Waals surface area contributed by atoms with Crippen molar-refractivity contribution in [2.45, 2.75) is 11.5 Å². The maximum Gasteiger partial charge on any atom is 0.262 e. The van der Waals surface area contributed by atoms with Crippen molar-refractivity contribution in [2.75, 3.05) is 4.72 Å². The van der Waals surface area contributed by atoms with Crippen LogP contribution in [0, 0.1) is 5.82 Å². The van der Waals surface area contributed by atoms with Crippen LogP contribution in [0.25, 0.3) is 0 Å². The molecule has 3 aromatic rings. The number of aliphatic hydroxyl groups excluding tert-OH is 1. The zero-order chi connectivity index (χ0) is 22.1. The van der Waals surface area contributed by atoms with Crippen molar-refractivity contribution in [2.24, 2.45) is 0 Å². The van der Waals surface area contributed by atoms with Crippen LogP contribution in [0.1, 0.15) is 21.6 Å². The van der Waals surface area contributed by atoms with E-state index in [-0.39, 0.29) is 31.2 Å². The van der Waals surface area contributed by atoms with Crippen LogP contribution in [0.5, 0.6) is 0 Å². The monoisotopic (exact) mass is 488 g/mol. The number of hydrogen-bond donors (Lipinski definition) is 2. The van der Waals surface area contributed by atoms with Gasteiger partial charge in [0.1, 0.15) is 11.5 Å². The molecule has 2 aromatic carbocycles. The third-order valence-electron chi connectivity index (χ3n) is 4.01. The fraction of sp³-hybridized carbons (Fsp3) is 0.0526. The number of nitrogens with one attached hydrogen (secondary N) is 1. The van der Waals surface area contributed by atoms with Crippen LogP contribution in [0.2, 0.25) is 15.1 Å². The molecule has 0 aliphatic carbocycles. The smallest absolute Gasteiger partial charge is 0.262 e. The van der Waals surface area contributed by atoms with Gasteiger partial charge in [0.05, 0.1) is 37.8 Å². The van der Waals surface area contributed by atoms with E-state index in [0.717, 1.165) is 24.4 Å². The number of pyridine rings is 1. The van der Waals surface area contributed by atoms with Gasteiger partial charge in [-0.05, 0) is 35.9 Å².